The standard InChI is InChI=1S/C16H23FN2/c1-13(14-5-4-6-15(17)11-14)19-10-9-18-8-3-2-7-16(18)12-19/h4-6,11,13,16H,2-3,7-10,12H2,1H3. The molecule has 2 atom stereocenters. The molecule has 0 bridgehead atoms. The van der Waals surface area contributed by atoms with Crippen LogP contribution in [0.15, 0.2) is 24.3 Å². The summed E-state index contributed by atoms with van der Waals surface area (Å²) in [5, 5.41) is 0. The maximum absolute atomic E-state index is 13.3. The zero-order valence-corrected chi connectivity index (χ0v) is 11.7. The SMILES string of the molecule is CC(c1cccc(F)c1)N1CCN2CCCCC2C1. The van der Waals surface area contributed by atoms with Crippen molar-refractivity contribution in [2.45, 2.75) is 38.3 Å². The fourth-order valence-corrected chi connectivity index (χ4v) is 3.51. The van der Waals surface area contributed by atoms with Gasteiger partial charge in [0.25, 0.3) is 0 Å². The summed E-state index contributed by atoms with van der Waals surface area (Å²) in [6, 6.07) is 8.10. The minimum atomic E-state index is -0.124. The predicted molar refractivity (Wildman–Crippen MR) is 75.6 cm³/mol. The van der Waals surface area contributed by atoms with Gasteiger partial charge in [0.05, 0.1) is 0 Å². The molecule has 1 aromatic rings. The van der Waals surface area contributed by atoms with Crippen LogP contribution in [-0.2, 0) is 0 Å². The molecule has 0 aromatic heterocycles. The lowest BCUT2D eigenvalue weighted by Gasteiger charge is -2.46. The van der Waals surface area contributed by atoms with E-state index in [1.54, 1.807) is 6.07 Å². The largest absolute Gasteiger partial charge is 0.298 e. The number of halogens is 1. The van der Waals surface area contributed by atoms with E-state index < -0.39 is 0 Å². The van der Waals surface area contributed by atoms with Crippen LogP contribution in [0.1, 0.15) is 37.8 Å². The Kier molecular flexibility index (Phi) is 3.85. The number of rotatable bonds is 2. The lowest BCUT2D eigenvalue weighted by molar-refractivity contribution is 0.0307. The first-order valence-corrected chi connectivity index (χ1v) is 7.47. The highest BCUT2D eigenvalue weighted by Crippen LogP contribution is 2.27. The van der Waals surface area contributed by atoms with Crippen LogP contribution in [-0.4, -0.2) is 42.0 Å². The van der Waals surface area contributed by atoms with Crippen LogP contribution in [0.4, 0.5) is 4.39 Å². The zero-order valence-electron chi connectivity index (χ0n) is 11.7. The third kappa shape index (κ3) is 2.82. The van der Waals surface area contributed by atoms with E-state index in [4.69, 9.17) is 0 Å². The maximum Gasteiger partial charge on any atom is 0.123 e. The summed E-state index contributed by atoms with van der Waals surface area (Å²) in [7, 11) is 0. The first kappa shape index (κ1) is 13.1. The number of piperidine rings is 1. The van der Waals surface area contributed by atoms with E-state index in [2.05, 4.69) is 16.7 Å². The first-order chi connectivity index (χ1) is 9.24. The van der Waals surface area contributed by atoms with E-state index in [1.165, 1.54) is 38.4 Å². The van der Waals surface area contributed by atoms with Crippen molar-refractivity contribution in [1.82, 2.24) is 9.80 Å². The smallest absolute Gasteiger partial charge is 0.123 e. The number of fused-ring (bicyclic) bond motifs is 1. The molecule has 2 aliphatic heterocycles. The summed E-state index contributed by atoms with van der Waals surface area (Å²) in [5.41, 5.74) is 1.10. The summed E-state index contributed by atoms with van der Waals surface area (Å²) in [6.07, 6.45) is 4.05. The molecule has 2 saturated heterocycles. The van der Waals surface area contributed by atoms with E-state index in [9.17, 15) is 4.39 Å². The third-order valence-corrected chi connectivity index (χ3v) is 4.75. The van der Waals surface area contributed by atoms with Crippen LogP contribution in [0.2, 0.25) is 0 Å². The first-order valence-electron chi connectivity index (χ1n) is 7.47. The van der Waals surface area contributed by atoms with Crippen LogP contribution in [0.3, 0.4) is 0 Å². The van der Waals surface area contributed by atoms with Crippen molar-refractivity contribution >= 4 is 0 Å². The van der Waals surface area contributed by atoms with E-state index in [-0.39, 0.29) is 5.82 Å². The number of piperazine rings is 1. The van der Waals surface area contributed by atoms with Gasteiger partial charge in [0.15, 0.2) is 0 Å². The average molecular weight is 262 g/mol. The second kappa shape index (κ2) is 5.59. The molecule has 2 unspecified atom stereocenters. The molecule has 2 aliphatic rings. The van der Waals surface area contributed by atoms with Gasteiger partial charge in [0.1, 0.15) is 5.82 Å². The van der Waals surface area contributed by atoms with Crippen LogP contribution in [0.25, 0.3) is 0 Å². The van der Waals surface area contributed by atoms with Crippen molar-refractivity contribution in [2.24, 2.45) is 0 Å². The Labute approximate surface area is 115 Å². The fraction of sp³-hybridized carbons (Fsp3) is 0.625. The van der Waals surface area contributed by atoms with Gasteiger partial charge in [-0.1, -0.05) is 18.6 Å². The van der Waals surface area contributed by atoms with Crippen LogP contribution in [0.5, 0.6) is 0 Å². The second-order valence-corrected chi connectivity index (χ2v) is 5.91. The fourth-order valence-electron chi connectivity index (χ4n) is 3.51. The van der Waals surface area contributed by atoms with Crippen molar-refractivity contribution in [3.05, 3.63) is 35.6 Å². The van der Waals surface area contributed by atoms with Gasteiger partial charge in [0.2, 0.25) is 0 Å². The van der Waals surface area contributed by atoms with Crippen molar-refractivity contribution in [1.29, 1.82) is 0 Å². The molecule has 0 amide bonds. The molecule has 3 rings (SSSR count). The number of nitrogens with zero attached hydrogens (tertiary/aromatic N) is 2. The number of hydrogen-bond donors (Lipinski definition) is 0. The molecule has 0 saturated carbocycles. The van der Waals surface area contributed by atoms with Crippen molar-refractivity contribution < 1.29 is 4.39 Å². The van der Waals surface area contributed by atoms with Gasteiger partial charge in [0, 0.05) is 31.7 Å². The van der Waals surface area contributed by atoms with Gasteiger partial charge in [-0.05, 0) is 44.0 Å². The van der Waals surface area contributed by atoms with E-state index in [0.29, 0.717) is 6.04 Å². The summed E-state index contributed by atoms with van der Waals surface area (Å²) in [6.45, 7) is 6.89. The summed E-state index contributed by atoms with van der Waals surface area (Å²) >= 11 is 0. The molecule has 2 fully saturated rings. The van der Waals surface area contributed by atoms with Gasteiger partial charge in [-0.25, -0.2) is 4.39 Å². The molecule has 3 heteroatoms. The molecule has 0 aliphatic carbocycles. The normalized spacial score (nSPS) is 26.9. The second-order valence-electron chi connectivity index (χ2n) is 5.91. The maximum atomic E-state index is 13.3. The number of benzene rings is 1. The molecule has 0 spiro atoms. The molecule has 19 heavy (non-hydrogen) atoms. The highest BCUT2D eigenvalue weighted by molar-refractivity contribution is 5.20. The summed E-state index contributed by atoms with van der Waals surface area (Å²) < 4.78 is 13.3. The highest BCUT2D eigenvalue weighted by atomic mass is 19.1. The Balaban J connectivity index is 1.69. The van der Waals surface area contributed by atoms with Crippen LogP contribution < -0.4 is 0 Å². The molecular weight excluding hydrogens is 239 g/mol. The Morgan fingerprint density at radius 3 is 2.95 bits per heavy atom. The minimum Gasteiger partial charge on any atom is -0.298 e. The molecule has 0 radical (unpaired) electrons. The quantitative estimate of drug-likeness (QED) is 0.808. The Morgan fingerprint density at radius 1 is 1.21 bits per heavy atom. The van der Waals surface area contributed by atoms with Crippen molar-refractivity contribution in [2.75, 3.05) is 26.2 Å². The number of hydrogen-bond acceptors (Lipinski definition) is 2. The van der Waals surface area contributed by atoms with Gasteiger partial charge >= 0.3 is 0 Å². The van der Waals surface area contributed by atoms with Crippen molar-refractivity contribution in [3.8, 4) is 0 Å². The van der Waals surface area contributed by atoms with Crippen LogP contribution in [0, 0.1) is 5.82 Å². The van der Waals surface area contributed by atoms with E-state index >= 15 is 0 Å². The Hall–Kier alpha value is -0.930. The van der Waals surface area contributed by atoms with Gasteiger partial charge < -0.3 is 0 Å². The average Bonchev–Trinajstić information content (AvgIpc) is 2.46. The Bertz CT molecular complexity index is 435. The molecule has 2 nitrogen and oxygen atoms in total. The molecule has 1 aromatic carbocycles. The van der Waals surface area contributed by atoms with Gasteiger partial charge in [-0.2, -0.15) is 0 Å². The summed E-state index contributed by atoms with van der Waals surface area (Å²) in [5.74, 6) is -0.124. The van der Waals surface area contributed by atoms with Gasteiger partial charge in [-0.15, -0.1) is 0 Å². The molecule has 0 N–H and O–H groups in total. The Morgan fingerprint density at radius 2 is 2.11 bits per heavy atom. The van der Waals surface area contributed by atoms with E-state index in [1.807, 2.05) is 12.1 Å². The molecule has 2 heterocycles. The minimum absolute atomic E-state index is 0.124. The van der Waals surface area contributed by atoms with Gasteiger partial charge in [-0.3, -0.25) is 9.80 Å². The molecule has 104 valence electrons. The third-order valence-electron chi connectivity index (χ3n) is 4.75. The zero-order chi connectivity index (χ0) is 13.2. The highest BCUT2D eigenvalue weighted by Gasteiger charge is 2.31. The lowest BCUT2D eigenvalue weighted by atomic mass is 9.97. The van der Waals surface area contributed by atoms with Crippen LogP contribution >= 0.6 is 0 Å². The summed E-state index contributed by atoms with van der Waals surface area (Å²) in [4.78, 5) is 5.15. The monoisotopic (exact) mass is 262 g/mol. The predicted octanol–water partition coefficient (Wildman–Crippen LogP) is 3.06. The molecular formula is C16H23FN2. The topological polar surface area (TPSA) is 6.48 Å². The van der Waals surface area contributed by atoms with E-state index in [0.717, 1.165) is 24.7 Å². The lowest BCUT2D eigenvalue weighted by Crippen LogP contribution is -2.55. The van der Waals surface area contributed by atoms with Crippen molar-refractivity contribution in [3.63, 3.8) is 0 Å².